The molecule has 1 aromatic carbocycles. The molecule has 0 aliphatic heterocycles. The van der Waals surface area contributed by atoms with Gasteiger partial charge in [0.2, 0.25) is 0 Å². The van der Waals surface area contributed by atoms with Gasteiger partial charge in [0.1, 0.15) is 19.3 Å². The molecule has 0 saturated carbocycles. The molecule has 7 heteroatoms. The van der Waals surface area contributed by atoms with E-state index in [-0.39, 0.29) is 25.6 Å². The van der Waals surface area contributed by atoms with Gasteiger partial charge in [0, 0.05) is 6.04 Å². The van der Waals surface area contributed by atoms with Crippen LogP contribution in [0.2, 0.25) is 0 Å². The summed E-state index contributed by atoms with van der Waals surface area (Å²) in [6.45, 7) is 1.76. The van der Waals surface area contributed by atoms with Crippen LogP contribution in [0.3, 0.4) is 0 Å². The predicted molar refractivity (Wildman–Crippen MR) is 85.4 cm³/mol. The summed E-state index contributed by atoms with van der Waals surface area (Å²) in [5.74, 6) is -1.23. The van der Waals surface area contributed by atoms with Crippen LogP contribution in [0, 0.1) is 0 Å². The smallest absolute Gasteiger partial charge is 0.325 e. The molecule has 1 rings (SSSR count). The monoisotopic (exact) mass is 330 g/mol. The SMILES string of the molecule is CCCC(N)C(O)C(=O)NCC(=O)OCc1ccccc1.Cl. The molecule has 0 heterocycles. The van der Waals surface area contributed by atoms with Gasteiger partial charge in [0.15, 0.2) is 0 Å². The third kappa shape index (κ3) is 7.40. The highest BCUT2D eigenvalue weighted by molar-refractivity contribution is 5.85. The maximum atomic E-state index is 11.6. The highest BCUT2D eigenvalue weighted by Crippen LogP contribution is 2.01. The zero-order valence-corrected chi connectivity index (χ0v) is 13.3. The lowest BCUT2D eigenvalue weighted by Crippen LogP contribution is -2.47. The normalized spacial score (nSPS) is 12.7. The number of hydrogen-bond donors (Lipinski definition) is 3. The fourth-order valence-electron chi connectivity index (χ4n) is 1.74. The summed E-state index contributed by atoms with van der Waals surface area (Å²) in [4.78, 5) is 23.1. The van der Waals surface area contributed by atoms with Crippen LogP contribution in [-0.2, 0) is 20.9 Å². The molecule has 0 radical (unpaired) electrons. The van der Waals surface area contributed by atoms with Crippen molar-refractivity contribution in [3.63, 3.8) is 0 Å². The van der Waals surface area contributed by atoms with Gasteiger partial charge in [-0.05, 0) is 12.0 Å². The first kappa shape index (κ1) is 20.4. The maximum Gasteiger partial charge on any atom is 0.325 e. The van der Waals surface area contributed by atoms with Gasteiger partial charge in [-0.25, -0.2) is 0 Å². The second-order valence-corrected chi connectivity index (χ2v) is 4.76. The molecule has 6 nitrogen and oxygen atoms in total. The van der Waals surface area contributed by atoms with Crippen molar-refractivity contribution < 1.29 is 19.4 Å². The molecule has 0 saturated heterocycles. The number of carbonyl (C=O) groups is 2. The number of nitrogens with two attached hydrogens (primary N) is 1. The maximum absolute atomic E-state index is 11.6. The quantitative estimate of drug-likeness (QED) is 0.611. The number of hydrogen-bond acceptors (Lipinski definition) is 5. The van der Waals surface area contributed by atoms with Gasteiger partial charge >= 0.3 is 5.97 Å². The number of nitrogens with one attached hydrogen (secondary N) is 1. The fraction of sp³-hybridized carbons (Fsp3) is 0.467. The topological polar surface area (TPSA) is 102 Å². The first-order valence-electron chi connectivity index (χ1n) is 6.95. The van der Waals surface area contributed by atoms with Gasteiger partial charge in [0.25, 0.3) is 5.91 Å². The van der Waals surface area contributed by atoms with E-state index in [0.29, 0.717) is 6.42 Å². The number of esters is 1. The highest BCUT2D eigenvalue weighted by atomic mass is 35.5. The van der Waals surface area contributed by atoms with E-state index in [0.717, 1.165) is 12.0 Å². The van der Waals surface area contributed by atoms with Crippen LogP contribution < -0.4 is 11.1 Å². The summed E-state index contributed by atoms with van der Waals surface area (Å²) in [7, 11) is 0. The van der Waals surface area contributed by atoms with Gasteiger partial charge < -0.3 is 20.9 Å². The van der Waals surface area contributed by atoms with E-state index < -0.39 is 24.0 Å². The summed E-state index contributed by atoms with van der Waals surface area (Å²) >= 11 is 0. The molecule has 2 unspecified atom stereocenters. The Bertz CT molecular complexity index is 456. The minimum Gasteiger partial charge on any atom is -0.460 e. The fourth-order valence-corrected chi connectivity index (χ4v) is 1.74. The molecule has 0 aliphatic carbocycles. The Balaban J connectivity index is 0.00000441. The van der Waals surface area contributed by atoms with E-state index in [1.807, 2.05) is 37.3 Å². The summed E-state index contributed by atoms with van der Waals surface area (Å²) in [5, 5.41) is 12.0. The summed E-state index contributed by atoms with van der Waals surface area (Å²) in [6, 6.07) is 8.59. The van der Waals surface area contributed by atoms with E-state index in [4.69, 9.17) is 10.5 Å². The number of amides is 1. The molecule has 124 valence electrons. The molecule has 0 aliphatic rings. The minimum absolute atomic E-state index is 0. The third-order valence-electron chi connectivity index (χ3n) is 2.95. The molecule has 1 aromatic rings. The van der Waals surface area contributed by atoms with E-state index in [2.05, 4.69) is 5.32 Å². The van der Waals surface area contributed by atoms with Crippen molar-refractivity contribution in [2.75, 3.05) is 6.54 Å². The molecule has 2 atom stereocenters. The van der Waals surface area contributed by atoms with Gasteiger partial charge in [-0.1, -0.05) is 43.7 Å². The second-order valence-electron chi connectivity index (χ2n) is 4.76. The van der Waals surface area contributed by atoms with Gasteiger partial charge in [-0.15, -0.1) is 12.4 Å². The van der Waals surface area contributed by atoms with Crippen molar-refractivity contribution in [2.24, 2.45) is 5.73 Å². The molecule has 1 amide bonds. The lowest BCUT2D eigenvalue weighted by atomic mass is 10.1. The lowest BCUT2D eigenvalue weighted by molar-refractivity contribution is -0.146. The number of aliphatic hydroxyl groups is 1. The van der Waals surface area contributed by atoms with E-state index in [1.54, 1.807) is 0 Å². The highest BCUT2D eigenvalue weighted by Gasteiger charge is 2.22. The van der Waals surface area contributed by atoms with E-state index in [1.165, 1.54) is 0 Å². The average Bonchev–Trinajstić information content (AvgIpc) is 2.51. The van der Waals surface area contributed by atoms with Crippen LogP contribution in [0.25, 0.3) is 0 Å². The number of benzene rings is 1. The van der Waals surface area contributed by atoms with Crippen molar-refractivity contribution >= 4 is 24.3 Å². The molecule has 0 bridgehead atoms. The van der Waals surface area contributed by atoms with Crippen molar-refractivity contribution in [3.8, 4) is 0 Å². The van der Waals surface area contributed by atoms with Crippen LogP contribution >= 0.6 is 12.4 Å². The molecule has 22 heavy (non-hydrogen) atoms. The standard InChI is InChI=1S/C15H22N2O4.ClH/c1-2-6-12(16)14(19)15(20)17-9-13(18)21-10-11-7-4-3-5-8-11;/h3-5,7-8,12,14,19H,2,6,9-10,16H2,1H3,(H,17,20);1H. The van der Waals surface area contributed by atoms with Gasteiger partial charge in [-0.2, -0.15) is 0 Å². The molecular formula is C15H23ClN2O4. The van der Waals surface area contributed by atoms with Crippen molar-refractivity contribution in [1.29, 1.82) is 0 Å². The number of rotatable bonds is 8. The number of ether oxygens (including phenoxy) is 1. The van der Waals surface area contributed by atoms with Crippen LogP contribution in [0.15, 0.2) is 30.3 Å². The van der Waals surface area contributed by atoms with E-state index >= 15 is 0 Å². The molecule has 0 spiro atoms. The Labute approximate surface area is 136 Å². The predicted octanol–water partition coefficient (Wildman–Crippen LogP) is 0.756. The Morgan fingerprint density at radius 2 is 1.95 bits per heavy atom. The van der Waals surface area contributed by atoms with Gasteiger partial charge in [-0.3, -0.25) is 9.59 Å². The Morgan fingerprint density at radius 3 is 2.55 bits per heavy atom. The first-order valence-corrected chi connectivity index (χ1v) is 6.95. The largest absolute Gasteiger partial charge is 0.460 e. The Hall–Kier alpha value is -1.63. The zero-order valence-electron chi connectivity index (χ0n) is 12.5. The number of carbonyl (C=O) groups excluding carboxylic acids is 2. The molecule has 0 aromatic heterocycles. The van der Waals surface area contributed by atoms with Crippen molar-refractivity contribution in [3.05, 3.63) is 35.9 Å². The van der Waals surface area contributed by atoms with Crippen LogP contribution in [0.4, 0.5) is 0 Å². The second kappa shape index (κ2) is 11.0. The van der Waals surface area contributed by atoms with Crippen LogP contribution in [0.5, 0.6) is 0 Å². The summed E-state index contributed by atoms with van der Waals surface area (Å²) < 4.78 is 5.00. The van der Waals surface area contributed by atoms with Crippen molar-refractivity contribution in [2.45, 2.75) is 38.5 Å². The average molecular weight is 331 g/mol. The minimum atomic E-state index is -1.31. The van der Waals surface area contributed by atoms with Gasteiger partial charge in [0.05, 0.1) is 0 Å². The van der Waals surface area contributed by atoms with E-state index in [9.17, 15) is 14.7 Å². The summed E-state index contributed by atoms with van der Waals surface area (Å²) in [5.41, 5.74) is 6.51. The lowest BCUT2D eigenvalue weighted by Gasteiger charge is -2.17. The van der Waals surface area contributed by atoms with Crippen molar-refractivity contribution in [1.82, 2.24) is 5.32 Å². The van der Waals surface area contributed by atoms with Crippen LogP contribution in [0.1, 0.15) is 25.3 Å². The third-order valence-corrected chi connectivity index (χ3v) is 2.95. The Kier molecular flexibility index (Phi) is 10.2. The molecular weight excluding hydrogens is 308 g/mol. The number of aliphatic hydroxyl groups excluding tert-OH is 1. The molecule has 4 N–H and O–H groups in total. The Morgan fingerprint density at radius 1 is 1.32 bits per heavy atom. The van der Waals surface area contributed by atoms with Crippen LogP contribution in [-0.4, -0.2) is 35.7 Å². The number of halogens is 1. The summed E-state index contributed by atoms with van der Waals surface area (Å²) in [6.07, 6.45) is -0.00984. The molecule has 0 fully saturated rings. The first-order chi connectivity index (χ1) is 10.0. The zero-order chi connectivity index (χ0) is 15.7.